The van der Waals surface area contributed by atoms with E-state index in [1.54, 1.807) is 0 Å². The Morgan fingerprint density at radius 1 is 0.571 bits per heavy atom. The van der Waals surface area contributed by atoms with Crippen LogP contribution in [-0.2, 0) is 33.6 Å². The van der Waals surface area contributed by atoms with Crippen LogP contribution in [0.15, 0.2) is 0 Å². The highest BCUT2D eigenvalue weighted by molar-refractivity contribution is 5.94. The molecular formula is C17H29N7O11. The second-order valence-electron chi connectivity index (χ2n) is 6.66. The number of amides is 6. The summed E-state index contributed by atoms with van der Waals surface area (Å²) in [4.78, 5) is 81.1. The zero-order chi connectivity index (χ0) is 27.0. The smallest absolute Gasteiger partial charge is 0.322 e. The molecule has 0 radical (unpaired) electrons. The number of nitrogens with two attached hydrogens (primary N) is 1. The van der Waals surface area contributed by atoms with Gasteiger partial charge in [-0.05, 0) is 0 Å². The van der Waals surface area contributed by atoms with Crippen LogP contribution in [0.3, 0.4) is 0 Å². The van der Waals surface area contributed by atoms with E-state index in [-0.39, 0.29) is 0 Å². The third kappa shape index (κ3) is 12.8. The lowest BCUT2D eigenvalue weighted by Gasteiger charge is -2.19. The normalized spacial score (nSPS) is 12.8. The van der Waals surface area contributed by atoms with E-state index in [0.717, 1.165) is 0 Å². The van der Waals surface area contributed by atoms with Crippen LogP contribution in [0.25, 0.3) is 0 Å². The minimum atomic E-state index is -1.54. The maximum absolute atomic E-state index is 12.1. The monoisotopic (exact) mass is 507 g/mol. The molecule has 0 aromatic heterocycles. The maximum Gasteiger partial charge on any atom is 0.322 e. The van der Waals surface area contributed by atoms with Gasteiger partial charge in [0.05, 0.1) is 39.5 Å². The van der Waals surface area contributed by atoms with Crippen LogP contribution in [0.1, 0.15) is 0 Å². The summed E-state index contributed by atoms with van der Waals surface area (Å²) in [5.41, 5.74) is 5.08. The van der Waals surface area contributed by atoms with E-state index in [1.165, 1.54) is 0 Å². The molecule has 12 N–H and O–H groups in total. The molecule has 0 rings (SSSR count). The van der Waals surface area contributed by atoms with Crippen molar-refractivity contribution >= 4 is 41.4 Å². The molecule has 0 aromatic carbocycles. The summed E-state index contributed by atoms with van der Waals surface area (Å²) >= 11 is 0. The first-order valence-electron chi connectivity index (χ1n) is 9.94. The third-order valence-electron chi connectivity index (χ3n) is 3.95. The van der Waals surface area contributed by atoms with Crippen molar-refractivity contribution in [3.8, 4) is 0 Å². The zero-order valence-corrected chi connectivity index (χ0v) is 18.4. The molecule has 0 saturated heterocycles. The van der Waals surface area contributed by atoms with Gasteiger partial charge in [-0.1, -0.05) is 0 Å². The molecule has 0 unspecified atom stereocenters. The van der Waals surface area contributed by atoms with Crippen molar-refractivity contribution in [2.45, 2.75) is 18.1 Å². The highest BCUT2D eigenvalue weighted by atomic mass is 16.4. The summed E-state index contributed by atoms with van der Waals surface area (Å²) in [5, 5.41) is 48.4. The number of carboxylic acids is 1. The molecule has 18 nitrogen and oxygen atoms in total. The number of carbonyl (C=O) groups is 7. The van der Waals surface area contributed by atoms with Crippen molar-refractivity contribution in [1.29, 1.82) is 0 Å². The fourth-order valence-corrected chi connectivity index (χ4v) is 2.19. The van der Waals surface area contributed by atoms with Crippen LogP contribution in [-0.4, -0.2) is 126 Å². The number of nitrogens with one attached hydrogen (secondary N) is 6. The fourth-order valence-electron chi connectivity index (χ4n) is 2.19. The van der Waals surface area contributed by atoms with Gasteiger partial charge in [0, 0.05) is 0 Å². The average molecular weight is 507 g/mol. The number of hydrogen-bond acceptors (Lipinski definition) is 11. The number of aliphatic hydroxyl groups is 3. The minimum Gasteiger partial charge on any atom is -0.480 e. The van der Waals surface area contributed by atoms with E-state index in [2.05, 4.69) is 21.3 Å². The van der Waals surface area contributed by atoms with E-state index in [4.69, 9.17) is 21.1 Å². The number of aliphatic carboxylic acids is 1. The molecule has 0 fully saturated rings. The molecule has 6 amide bonds. The predicted octanol–water partition coefficient (Wildman–Crippen LogP) is -8.19. The second-order valence-corrected chi connectivity index (χ2v) is 6.66. The Morgan fingerprint density at radius 2 is 0.886 bits per heavy atom. The van der Waals surface area contributed by atoms with Crippen molar-refractivity contribution in [3.05, 3.63) is 0 Å². The van der Waals surface area contributed by atoms with Gasteiger partial charge < -0.3 is 58.1 Å². The molecule has 198 valence electrons. The first-order valence-corrected chi connectivity index (χ1v) is 9.94. The lowest BCUT2D eigenvalue weighted by molar-refractivity contribution is -0.138. The molecule has 0 aliphatic carbocycles. The maximum atomic E-state index is 12.1. The van der Waals surface area contributed by atoms with Crippen molar-refractivity contribution < 1.29 is 54.0 Å². The highest BCUT2D eigenvalue weighted by Gasteiger charge is 2.24. The Morgan fingerprint density at radius 3 is 1.17 bits per heavy atom. The van der Waals surface area contributed by atoms with Gasteiger partial charge in [-0.25, -0.2) is 0 Å². The second kappa shape index (κ2) is 16.7. The number of hydrogen-bond donors (Lipinski definition) is 11. The Kier molecular flexibility index (Phi) is 14.9. The van der Waals surface area contributed by atoms with Gasteiger partial charge >= 0.3 is 5.97 Å². The molecule has 35 heavy (non-hydrogen) atoms. The van der Waals surface area contributed by atoms with Crippen LogP contribution in [0, 0.1) is 0 Å². The van der Waals surface area contributed by atoms with Crippen molar-refractivity contribution in [1.82, 2.24) is 31.9 Å². The van der Waals surface area contributed by atoms with Crippen LogP contribution >= 0.6 is 0 Å². The molecule has 0 aliphatic heterocycles. The molecule has 0 heterocycles. The number of aliphatic hydroxyl groups excluding tert-OH is 3. The Labute approximate surface area is 198 Å². The summed E-state index contributed by atoms with van der Waals surface area (Å²) in [5.74, 6) is -6.88. The minimum absolute atomic E-state index is 0.436. The quantitative estimate of drug-likeness (QED) is 0.0928. The summed E-state index contributed by atoms with van der Waals surface area (Å²) in [6, 6.07) is -4.40. The summed E-state index contributed by atoms with van der Waals surface area (Å²) < 4.78 is 0. The molecule has 0 bridgehead atoms. The zero-order valence-electron chi connectivity index (χ0n) is 18.4. The lowest BCUT2D eigenvalue weighted by Crippen LogP contribution is -2.56. The lowest BCUT2D eigenvalue weighted by atomic mass is 10.2. The standard InChI is InChI=1S/C17H29N7O11/c18-1-11(28)22-8(5-25)15(33)19-2-12(29)23-9(6-26)16(34)20-3-13(30)24-10(7-27)17(35)21-4-14(31)32/h8-10,25-27H,1-7,18H2,(H,19,33)(H,20,34)(H,21,35)(H,22,28)(H,23,29)(H,24,30)(H,31,32)/t8-,9-,10-/m0/s1. The average Bonchev–Trinajstić information content (AvgIpc) is 2.84. The Hall–Kier alpha value is -3.87. The Balaban J connectivity index is 4.61. The first-order chi connectivity index (χ1) is 16.5. The van der Waals surface area contributed by atoms with Crippen molar-refractivity contribution in [2.75, 3.05) is 46.0 Å². The number of rotatable bonds is 16. The van der Waals surface area contributed by atoms with E-state index < -0.39 is 106 Å². The third-order valence-corrected chi connectivity index (χ3v) is 3.95. The fraction of sp³-hybridized carbons (Fsp3) is 0.588. The number of carboxylic acid groups (broad SMARTS) is 1. The molecule has 0 saturated carbocycles. The highest BCUT2D eigenvalue weighted by Crippen LogP contribution is 1.87. The van der Waals surface area contributed by atoms with E-state index in [1.807, 2.05) is 10.6 Å². The van der Waals surface area contributed by atoms with Crippen molar-refractivity contribution in [3.63, 3.8) is 0 Å². The Bertz CT molecular complexity index is 792. The summed E-state index contributed by atoms with van der Waals surface area (Å²) in [7, 11) is 0. The first kappa shape index (κ1) is 31.1. The largest absolute Gasteiger partial charge is 0.480 e. The van der Waals surface area contributed by atoms with Gasteiger partial charge in [0.2, 0.25) is 35.4 Å². The SMILES string of the molecule is NCC(=O)N[C@@H](CO)C(=O)NCC(=O)N[C@@H](CO)C(=O)NCC(=O)N[C@@H](CO)C(=O)NCC(=O)O. The van der Waals surface area contributed by atoms with Gasteiger partial charge in [-0.3, -0.25) is 33.6 Å². The summed E-state index contributed by atoms with van der Waals surface area (Å²) in [6.07, 6.45) is 0. The van der Waals surface area contributed by atoms with E-state index in [0.29, 0.717) is 0 Å². The van der Waals surface area contributed by atoms with Crippen molar-refractivity contribution in [2.24, 2.45) is 5.73 Å². The topological polar surface area (TPSA) is 299 Å². The molecule has 0 aromatic rings. The van der Waals surface area contributed by atoms with Crippen LogP contribution < -0.4 is 37.6 Å². The molecule has 18 heteroatoms. The molecule has 0 aliphatic rings. The summed E-state index contributed by atoms with van der Waals surface area (Å²) in [6.45, 7) is -5.14. The van der Waals surface area contributed by atoms with Gasteiger partial charge in [0.1, 0.15) is 24.7 Å². The van der Waals surface area contributed by atoms with Crippen LogP contribution in [0.5, 0.6) is 0 Å². The molecule has 0 spiro atoms. The number of carbonyl (C=O) groups excluding carboxylic acids is 6. The van der Waals surface area contributed by atoms with Gasteiger partial charge in [-0.2, -0.15) is 0 Å². The van der Waals surface area contributed by atoms with Crippen LogP contribution in [0.4, 0.5) is 0 Å². The van der Waals surface area contributed by atoms with E-state index >= 15 is 0 Å². The predicted molar refractivity (Wildman–Crippen MR) is 113 cm³/mol. The van der Waals surface area contributed by atoms with Gasteiger partial charge in [-0.15, -0.1) is 0 Å². The van der Waals surface area contributed by atoms with Crippen LogP contribution in [0.2, 0.25) is 0 Å². The van der Waals surface area contributed by atoms with Gasteiger partial charge in [0.15, 0.2) is 0 Å². The molecular weight excluding hydrogens is 478 g/mol. The van der Waals surface area contributed by atoms with E-state index in [9.17, 15) is 38.7 Å². The molecule has 3 atom stereocenters. The van der Waals surface area contributed by atoms with Gasteiger partial charge in [0.25, 0.3) is 0 Å².